The van der Waals surface area contributed by atoms with E-state index in [2.05, 4.69) is 10.1 Å². The van der Waals surface area contributed by atoms with Crippen LogP contribution in [0.15, 0.2) is 17.5 Å². The lowest BCUT2D eigenvalue weighted by Crippen LogP contribution is -2.39. The molecule has 1 amide bonds. The first-order valence-electron chi connectivity index (χ1n) is 5.21. The number of nitrogens with one attached hydrogen (secondary N) is 1. The van der Waals surface area contributed by atoms with Crippen molar-refractivity contribution in [3.05, 3.63) is 22.4 Å². The Labute approximate surface area is 104 Å². The highest BCUT2D eigenvalue weighted by atomic mass is 32.1. The second kappa shape index (κ2) is 6.36. The molecule has 0 aromatic carbocycles. The van der Waals surface area contributed by atoms with Gasteiger partial charge in [0, 0.05) is 17.3 Å². The van der Waals surface area contributed by atoms with Crippen molar-refractivity contribution in [2.45, 2.75) is 13.0 Å². The van der Waals surface area contributed by atoms with Gasteiger partial charge in [-0.1, -0.05) is 13.0 Å². The molecule has 1 aromatic heterocycles. The van der Waals surface area contributed by atoms with Gasteiger partial charge in [0.1, 0.15) is 0 Å². The fourth-order valence-corrected chi connectivity index (χ4v) is 1.97. The summed E-state index contributed by atoms with van der Waals surface area (Å²) in [6, 6.07) is 2.84. The number of thiophene rings is 1. The summed E-state index contributed by atoms with van der Waals surface area (Å²) in [7, 11) is 1.29. The monoisotopic (exact) mass is 256 g/mol. The number of nitrogens with two attached hydrogens (primary N) is 1. The quantitative estimate of drug-likeness (QED) is 0.759. The molecule has 0 saturated heterocycles. The van der Waals surface area contributed by atoms with Crippen LogP contribution in [0.3, 0.4) is 0 Å². The Bertz CT molecular complexity index is 378. The van der Waals surface area contributed by atoms with Crippen LogP contribution in [0.1, 0.15) is 17.8 Å². The van der Waals surface area contributed by atoms with Crippen LogP contribution >= 0.6 is 11.3 Å². The summed E-state index contributed by atoms with van der Waals surface area (Å²) in [6.45, 7) is 1.95. The molecule has 0 aliphatic carbocycles. The first-order valence-corrected chi connectivity index (χ1v) is 6.09. The molecule has 2 atom stereocenters. The molecule has 1 heterocycles. The van der Waals surface area contributed by atoms with Crippen LogP contribution in [0, 0.1) is 5.92 Å². The fourth-order valence-electron chi connectivity index (χ4n) is 1.21. The molecule has 94 valence electrons. The SMILES string of the molecule is COC(=O)C(NC(=O)C(C)CN)c1cccs1. The summed E-state index contributed by atoms with van der Waals surface area (Å²) in [5.74, 6) is -1.07. The summed E-state index contributed by atoms with van der Waals surface area (Å²) in [6.07, 6.45) is 0. The van der Waals surface area contributed by atoms with Crippen molar-refractivity contribution in [3.8, 4) is 0 Å². The highest BCUT2D eigenvalue weighted by Gasteiger charge is 2.25. The van der Waals surface area contributed by atoms with Crippen LogP contribution in [0.5, 0.6) is 0 Å². The highest BCUT2D eigenvalue weighted by Crippen LogP contribution is 2.20. The van der Waals surface area contributed by atoms with Crippen LogP contribution in [0.2, 0.25) is 0 Å². The van der Waals surface area contributed by atoms with Crippen molar-refractivity contribution < 1.29 is 14.3 Å². The van der Waals surface area contributed by atoms with Crippen molar-refractivity contribution in [1.82, 2.24) is 5.32 Å². The molecule has 1 rings (SSSR count). The van der Waals surface area contributed by atoms with Crippen molar-refractivity contribution in [2.75, 3.05) is 13.7 Å². The number of esters is 1. The number of hydrogen-bond acceptors (Lipinski definition) is 5. The minimum absolute atomic E-state index is 0.240. The van der Waals surface area contributed by atoms with Gasteiger partial charge >= 0.3 is 5.97 Å². The molecule has 0 aliphatic heterocycles. The smallest absolute Gasteiger partial charge is 0.333 e. The maximum Gasteiger partial charge on any atom is 0.333 e. The largest absolute Gasteiger partial charge is 0.467 e. The van der Waals surface area contributed by atoms with Gasteiger partial charge in [0.2, 0.25) is 5.91 Å². The van der Waals surface area contributed by atoms with Gasteiger partial charge in [0.25, 0.3) is 0 Å². The van der Waals surface area contributed by atoms with Gasteiger partial charge in [0.05, 0.1) is 7.11 Å². The number of hydrogen-bond donors (Lipinski definition) is 2. The maximum atomic E-state index is 11.7. The summed E-state index contributed by atoms with van der Waals surface area (Å²) >= 11 is 1.39. The predicted molar refractivity (Wildman–Crippen MR) is 65.4 cm³/mol. The molecule has 0 spiro atoms. The lowest BCUT2D eigenvalue weighted by atomic mass is 10.1. The molecule has 2 unspecified atom stereocenters. The van der Waals surface area contributed by atoms with E-state index >= 15 is 0 Å². The standard InChI is InChI=1S/C11H16N2O3S/c1-7(6-12)10(14)13-9(11(15)16-2)8-4-3-5-17-8/h3-5,7,9H,6,12H2,1-2H3,(H,13,14). The molecule has 1 aromatic rings. The number of methoxy groups -OCH3 is 1. The normalized spacial score (nSPS) is 13.8. The average Bonchev–Trinajstić information content (AvgIpc) is 2.87. The van der Waals surface area contributed by atoms with Crippen molar-refractivity contribution in [1.29, 1.82) is 0 Å². The number of ether oxygens (including phenoxy) is 1. The zero-order valence-corrected chi connectivity index (χ0v) is 10.6. The summed E-state index contributed by atoms with van der Waals surface area (Å²) in [4.78, 5) is 24.0. The molecule has 0 bridgehead atoms. The van der Waals surface area contributed by atoms with Crippen LogP contribution < -0.4 is 11.1 Å². The third-order valence-electron chi connectivity index (χ3n) is 2.35. The molecule has 0 radical (unpaired) electrons. The Kier molecular flexibility index (Phi) is 5.11. The van der Waals surface area contributed by atoms with Crippen LogP contribution in [-0.4, -0.2) is 25.5 Å². The molecule has 17 heavy (non-hydrogen) atoms. The highest BCUT2D eigenvalue weighted by molar-refractivity contribution is 7.10. The van der Waals surface area contributed by atoms with E-state index in [-0.39, 0.29) is 18.4 Å². The van der Waals surface area contributed by atoms with Gasteiger partial charge in [0.15, 0.2) is 6.04 Å². The van der Waals surface area contributed by atoms with Crippen molar-refractivity contribution >= 4 is 23.2 Å². The number of carbonyl (C=O) groups excluding carboxylic acids is 2. The summed E-state index contributed by atoms with van der Waals surface area (Å²) < 4.78 is 4.67. The van der Waals surface area contributed by atoms with Crippen LogP contribution in [0.4, 0.5) is 0 Å². The lowest BCUT2D eigenvalue weighted by Gasteiger charge is -2.17. The van der Waals surface area contributed by atoms with Crippen molar-refractivity contribution in [3.63, 3.8) is 0 Å². The van der Waals surface area contributed by atoms with Gasteiger partial charge in [-0.3, -0.25) is 4.79 Å². The molecular formula is C11H16N2O3S. The summed E-state index contributed by atoms with van der Waals surface area (Å²) in [5.41, 5.74) is 5.40. The summed E-state index contributed by atoms with van der Waals surface area (Å²) in [5, 5.41) is 4.47. The third kappa shape index (κ3) is 3.54. The Morgan fingerprint density at radius 3 is 2.76 bits per heavy atom. The Balaban J connectivity index is 2.79. The second-order valence-corrected chi connectivity index (χ2v) is 4.60. The maximum absolute atomic E-state index is 11.7. The first-order chi connectivity index (χ1) is 8.10. The van der Waals surface area contributed by atoms with E-state index in [9.17, 15) is 9.59 Å². The number of carbonyl (C=O) groups is 2. The molecule has 3 N–H and O–H groups in total. The number of rotatable bonds is 5. The van der Waals surface area contributed by atoms with E-state index in [1.54, 1.807) is 13.0 Å². The van der Waals surface area contributed by atoms with Gasteiger partial charge in [-0.15, -0.1) is 11.3 Å². The lowest BCUT2D eigenvalue weighted by molar-refractivity contribution is -0.145. The van der Waals surface area contributed by atoms with Gasteiger partial charge in [-0.25, -0.2) is 4.79 Å². The van der Waals surface area contributed by atoms with Crippen molar-refractivity contribution in [2.24, 2.45) is 11.7 Å². The van der Waals surface area contributed by atoms with E-state index in [1.807, 2.05) is 11.4 Å². The van der Waals surface area contributed by atoms with E-state index in [0.29, 0.717) is 0 Å². The third-order valence-corrected chi connectivity index (χ3v) is 3.29. The molecule has 5 nitrogen and oxygen atoms in total. The predicted octanol–water partition coefficient (Wildman–Crippen LogP) is 0.673. The Morgan fingerprint density at radius 2 is 2.29 bits per heavy atom. The Hall–Kier alpha value is -1.40. The fraction of sp³-hybridized carbons (Fsp3) is 0.455. The first kappa shape index (κ1) is 13.7. The minimum atomic E-state index is -0.749. The molecule has 0 aliphatic rings. The zero-order chi connectivity index (χ0) is 12.8. The van der Waals surface area contributed by atoms with E-state index in [0.717, 1.165) is 4.88 Å². The Morgan fingerprint density at radius 1 is 1.59 bits per heavy atom. The van der Waals surface area contributed by atoms with Gasteiger partial charge < -0.3 is 15.8 Å². The topological polar surface area (TPSA) is 81.4 Å². The second-order valence-electron chi connectivity index (χ2n) is 3.62. The minimum Gasteiger partial charge on any atom is -0.467 e. The molecular weight excluding hydrogens is 240 g/mol. The number of amides is 1. The van der Waals surface area contributed by atoms with Crippen LogP contribution in [-0.2, 0) is 14.3 Å². The van der Waals surface area contributed by atoms with E-state index in [1.165, 1.54) is 18.4 Å². The van der Waals surface area contributed by atoms with Crippen LogP contribution in [0.25, 0.3) is 0 Å². The molecule has 6 heteroatoms. The molecule has 0 fully saturated rings. The van der Waals surface area contributed by atoms with E-state index in [4.69, 9.17) is 5.73 Å². The van der Waals surface area contributed by atoms with E-state index < -0.39 is 12.0 Å². The van der Waals surface area contributed by atoms with Gasteiger partial charge in [-0.2, -0.15) is 0 Å². The molecule has 0 saturated carbocycles. The zero-order valence-electron chi connectivity index (χ0n) is 9.80. The van der Waals surface area contributed by atoms with Gasteiger partial charge in [-0.05, 0) is 11.4 Å². The average molecular weight is 256 g/mol.